The number of rotatable bonds is 5. The fourth-order valence-corrected chi connectivity index (χ4v) is 1.42. The Labute approximate surface area is 104 Å². The van der Waals surface area contributed by atoms with Crippen molar-refractivity contribution in [2.45, 2.75) is 19.8 Å². The maximum atomic E-state index is 13.5. The third kappa shape index (κ3) is 3.26. The molecule has 1 aromatic rings. The normalized spacial score (nSPS) is 10.2. The van der Waals surface area contributed by atoms with Crippen molar-refractivity contribution in [2.24, 2.45) is 0 Å². The molecule has 0 amide bonds. The molecule has 0 aliphatic heterocycles. The van der Waals surface area contributed by atoms with Crippen molar-refractivity contribution in [3.63, 3.8) is 0 Å². The van der Waals surface area contributed by atoms with Crippen molar-refractivity contribution in [1.82, 2.24) is 4.98 Å². The molecular weight excluding hydrogens is 241 g/mol. The maximum Gasteiger partial charge on any atom is 0.325 e. The lowest BCUT2D eigenvalue weighted by atomic mass is 10.0. The topological polar surface area (TPSA) is 65.5 Å². The van der Waals surface area contributed by atoms with Gasteiger partial charge < -0.3 is 9.47 Å². The van der Waals surface area contributed by atoms with Crippen molar-refractivity contribution in [3.8, 4) is 0 Å². The van der Waals surface area contributed by atoms with E-state index in [0.717, 1.165) is 0 Å². The molecule has 0 saturated heterocycles. The first-order chi connectivity index (χ1) is 8.61. The molecular formula is C12H14FNO4. The molecule has 0 saturated carbocycles. The lowest BCUT2D eigenvalue weighted by Crippen LogP contribution is -2.27. The van der Waals surface area contributed by atoms with Gasteiger partial charge in [0, 0.05) is 11.8 Å². The van der Waals surface area contributed by atoms with Crippen LogP contribution in [0.15, 0.2) is 18.3 Å². The van der Waals surface area contributed by atoms with Crippen LogP contribution < -0.4 is 0 Å². The molecule has 0 aliphatic carbocycles. The average Bonchev–Trinajstić information content (AvgIpc) is 2.33. The fraction of sp³-hybridized carbons (Fsp3) is 0.417. The monoisotopic (exact) mass is 255 g/mol. The summed E-state index contributed by atoms with van der Waals surface area (Å²) in [5.74, 6) is -4.01. The van der Waals surface area contributed by atoms with Crippen molar-refractivity contribution in [3.05, 3.63) is 29.8 Å². The highest BCUT2D eigenvalue weighted by molar-refractivity contribution is 6.00. The number of carbonyl (C=O) groups excluding carboxylic acids is 2. The Balaban J connectivity index is 3.08. The van der Waals surface area contributed by atoms with E-state index in [2.05, 4.69) is 4.98 Å². The molecule has 1 heterocycles. The average molecular weight is 255 g/mol. The molecule has 1 aromatic heterocycles. The lowest BCUT2D eigenvalue weighted by molar-refractivity contribution is -0.157. The van der Waals surface area contributed by atoms with Crippen molar-refractivity contribution in [2.75, 3.05) is 13.2 Å². The maximum absolute atomic E-state index is 13.5. The number of ether oxygens (including phenoxy) is 2. The minimum Gasteiger partial charge on any atom is -0.465 e. The van der Waals surface area contributed by atoms with Crippen LogP contribution in [0.25, 0.3) is 0 Å². The van der Waals surface area contributed by atoms with E-state index in [-0.39, 0.29) is 18.8 Å². The number of pyridine rings is 1. The predicted octanol–water partition coefficient (Wildman–Crippen LogP) is 1.43. The predicted molar refractivity (Wildman–Crippen MR) is 60.2 cm³/mol. The van der Waals surface area contributed by atoms with E-state index < -0.39 is 23.8 Å². The van der Waals surface area contributed by atoms with Crippen LogP contribution in [0.5, 0.6) is 0 Å². The summed E-state index contributed by atoms with van der Waals surface area (Å²) in [7, 11) is 0. The number of halogens is 1. The third-order valence-electron chi connectivity index (χ3n) is 2.14. The van der Waals surface area contributed by atoms with Gasteiger partial charge in [-0.3, -0.25) is 9.59 Å². The Morgan fingerprint density at radius 2 is 1.83 bits per heavy atom. The number of hydrogen-bond donors (Lipinski definition) is 0. The summed E-state index contributed by atoms with van der Waals surface area (Å²) in [6.07, 6.45) is 1.23. The number of esters is 2. The van der Waals surface area contributed by atoms with Gasteiger partial charge >= 0.3 is 11.9 Å². The van der Waals surface area contributed by atoms with Gasteiger partial charge in [-0.05, 0) is 19.9 Å². The zero-order valence-corrected chi connectivity index (χ0v) is 10.2. The first-order valence-electron chi connectivity index (χ1n) is 5.55. The number of aromatic nitrogens is 1. The van der Waals surface area contributed by atoms with Crippen molar-refractivity contribution < 1.29 is 23.5 Å². The Hall–Kier alpha value is -1.98. The Kier molecular flexibility index (Phi) is 5.23. The molecule has 0 fully saturated rings. The molecule has 0 unspecified atom stereocenters. The Morgan fingerprint density at radius 3 is 2.28 bits per heavy atom. The van der Waals surface area contributed by atoms with Crippen molar-refractivity contribution in [1.29, 1.82) is 0 Å². The number of carbonyl (C=O) groups is 2. The summed E-state index contributed by atoms with van der Waals surface area (Å²) in [5.41, 5.74) is -0.144. The summed E-state index contributed by atoms with van der Waals surface area (Å²) in [5, 5.41) is 0. The molecule has 0 bridgehead atoms. The minimum atomic E-state index is -1.43. The van der Waals surface area contributed by atoms with Gasteiger partial charge in [0.1, 0.15) is 0 Å². The largest absolute Gasteiger partial charge is 0.465 e. The Morgan fingerprint density at radius 1 is 1.28 bits per heavy atom. The van der Waals surface area contributed by atoms with E-state index in [1.807, 2.05) is 0 Å². The Bertz CT molecular complexity index is 418. The zero-order valence-electron chi connectivity index (χ0n) is 10.2. The van der Waals surface area contributed by atoms with E-state index in [9.17, 15) is 14.0 Å². The first kappa shape index (κ1) is 14.1. The highest BCUT2D eigenvalue weighted by Gasteiger charge is 2.34. The molecule has 0 aromatic carbocycles. The van der Waals surface area contributed by atoms with Crippen LogP contribution in [-0.4, -0.2) is 30.1 Å². The van der Waals surface area contributed by atoms with Crippen LogP contribution in [0, 0.1) is 5.95 Å². The van der Waals surface area contributed by atoms with Crippen LogP contribution in [0.3, 0.4) is 0 Å². The van der Waals surface area contributed by atoms with Crippen LogP contribution in [0.4, 0.5) is 4.39 Å². The second-order valence-corrected chi connectivity index (χ2v) is 3.32. The van der Waals surface area contributed by atoms with E-state index in [4.69, 9.17) is 9.47 Å². The smallest absolute Gasteiger partial charge is 0.325 e. The molecule has 98 valence electrons. The minimum absolute atomic E-state index is 0.0939. The standard InChI is InChI=1S/C12H14FNO4/c1-3-17-11(15)9(12(16)18-4-2)8-6-5-7-14-10(8)13/h5-7,9H,3-4H2,1-2H3. The molecule has 5 nitrogen and oxygen atoms in total. The van der Waals surface area contributed by atoms with Gasteiger partial charge in [-0.15, -0.1) is 0 Å². The van der Waals surface area contributed by atoms with Crippen LogP contribution in [0.2, 0.25) is 0 Å². The van der Waals surface area contributed by atoms with E-state index in [1.165, 1.54) is 18.3 Å². The van der Waals surface area contributed by atoms with Crippen LogP contribution in [0.1, 0.15) is 25.3 Å². The zero-order chi connectivity index (χ0) is 13.5. The highest BCUT2D eigenvalue weighted by Crippen LogP contribution is 2.21. The van der Waals surface area contributed by atoms with Crippen molar-refractivity contribution >= 4 is 11.9 Å². The number of hydrogen-bond acceptors (Lipinski definition) is 5. The summed E-state index contributed by atoms with van der Waals surface area (Å²) in [6, 6.07) is 2.74. The number of nitrogens with zero attached hydrogens (tertiary/aromatic N) is 1. The van der Waals surface area contributed by atoms with E-state index in [1.54, 1.807) is 13.8 Å². The van der Waals surface area contributed by atoms with Gasteiger partial charge in [-0.1, -0.05) is 6.07 Å². The van der Waals surface area contributed by atoms with Gasteiger partial charge in [0.05, 0.1) is 13.2 Å². The van der Waals surface area contributed by atoms with Crippen LogP contribution >= 0.6 is 0 Å². The molecule has 0 atom stereocenters. The lowest BCUT2D eigenvalue weighted by Gasteiger charge is -2.14. The van der Waals surface area contributed by atoms with E-state index >= 15 is 0 Å². The van der Waals surface area contributed by atoms with Gasteiger partial charge in [-0.25, -0.2) is 4.98 Å². The first-order valence-corrected chi connectivity index (χ1v) is 5.55. The summed E-state index contributed by atoms with van der Waals surface area (Å²) < 4.78 is 23.0. The van der Waals surface area contributed by atoms with Crippen LogP contribution in [-0.2, 0) is 19.1 Å². The van der Waals surface area contributed by atoms with Gasteiger partial charge in [0.15, 0.2) is 5.92 Å². The molecule has 0 N–H and O–H groups in total. The fourth-order valence-electron chi connectivity index (χ4n) is 1.42. The van der Waals surface area contributed by atoms with Gasteiger partial charge in [-0.2, -0.15) is 4.39 Å². The molecule has 6 heteroatoms. The summed E-state index contributed by atoms with van der Waals surface area (Å²) in [4.78, 5) is 26.8. The summed E-state index contributed by atoms with van der Waals surface area (Å²) >= 11 is 0. The highest BCUT2D eigenvalue weighted by atomic mass is 19.1. The summed E-state index contributed by atoms with van der Waals surface area (Å²) in [6.45, 7) is 3.38. The SMILES string of the molecule is CCOC(=O)C(C(=O)OCC)c1cccnc1F. The quantitative estimate of drug-likeness (QED) is 0.452. The molecule has 0 spiro atoms. The molecule has 18 heavy (non-hydrogen) atoms. The van der Waals surface area contributed by atoms with E-state index in [0.29, 0.717) is 0 Å². The van der Waals surface area contributed by atoms with Gasteiger partial charge in [0.25, 0.3) is 0 Å². The second-order valence-electron chi connectivity index (χ2n) is 3.32. The molecule has 0 aliphatic rings. The third-order valence-corrected chi connectivity index (χ3v) is 2.14. The van der Waals surface area contributed by atoms with Gasteiger partial charge in [0.2, 0.25) is 5.95 Å². The molecule has 0 radical (unpaired) electrons. The molecule has 1 rings (SSSR count). The second kappa shape index (κ2) is 6.68.